The van der Waals surface area contributed by atoms with Crippen LogP contribution in [0.3, 0.4) is 0 Å². The highest BCUT2D eigenvalue weighted by Gasteiger charge is 2.28. The molecule has 0 radical (unpaired) electrons. The van der Waals surface area contributed by atoms with Crippen LogP contribution in [0.4, 0.5) is 0 Å². The van der Waals surface area contributed by atoms with Gasteiger partial charge in [-0.15, -0.1) is 0 Å². The standard InChI is InChI=1S/C16H19N3/c17-15(8-5-12-3-1-9-18-11-12)14-7-6-13-4-2-10-19-16(13)14/h1-4,9-11,14-15H,5-8,17H2. The summed E-state index contributed by atoms with van der Waals surface area (Å²) in [5.74, 6) is 0.424. The van der Waals surface area contributed by atoms with E-state index in [0.29, 0.717) is 5.92 Å². The zero-order chi connectivity index (χ0) is 13.1. The molecule has 98 valence electrons. The summed E-state index contributed by atoms with van der Waals surface area (Å²) in [6, 6.07) is 8.48. The lowest BCUT2D eigenvalue weighted by molar-refractivity contribution is 0.490. The number of aryl methyl sites for hydroxylation is 2. The molecule has 2 N–H and O–H groups in total. The molecule has 2 atom stereocenters. The zero-order valence-corrected chi connectivity index (χ0v) is 11.0. The van der Waals surface area contributed by atoms with E-state index in [4.69, 9.17) is 5.73 Å². The molecule has 0 amide bonds. The van der Waals surface area contributed by atoms with Crippen molar-refractivity contribution in [2.45, 2.75) is 37.6 Å². The number of hydrogen-bond donors (Lipinski definition) is 1. The van der Waals surface area contributed by atoms with E-state index in [-0.39, 0.29) is 6.04 Å². The molecule has 1 aliphatic rings. The molecule has 0 spiro atoms. The molecule has 0 aliphatic heterocycles. The first-order chi connectivity index (χ1) is 9.34. The summed E-state index contributed by atoms with van der Waals surface area (Å²) in [5, 5.41) is 0. The van der Waals surface area contributed by atoms with Gasteiger partial charge in [0.1, 0.15) is 0 Å². The van der Waals surface area contributed by atoms with Gasteiger partial charge in [-0.1, -0.05) is 12.1 Å². The number of hydrogen-bond acceptors (Lipinski definition) is 3. The van der Waals surface area contributed by atoms with Crippen molar-refractivity contribution < 1.29 is 0 Å². The highest BCUT2D eigenvalue weighted by atomic mass is 14.7. The van der Waals surface area contributed by atoms with Crippen LogP contribution in [0.5, 0.6) is 0 Å². The maximum Gasteiger partial charge on any atom is 0.0482 e. The lowest BCUT2D eigenvalue weighted by atomic mass is 9.93. The number of fused-ring (bicyclic) bond motifs is 1. The summed E-state index contributed by atoms with van der Waals surface area (Å²) >= 11 is 0. The number of aromatic nitrogens is 2. The normalized spacial score (nSPS) is 19.1. The fourth-order valence-electron chi connectivity index (χ4n) is 2.94. The summed E-state index contributed by atoms with van der Waals surface area (Å²) < 4.78 is 0. The molecule has 2 aromatic rings. The van der Waals surface area contributed by atoms with Crippen LogP contribution in [-0.4, -0.2) is 16.0 Å². The van der Waals surface area contributed by atoms with Crippen LogP contribution in [0.15, 0.2) is 42.9 Å². The lowest BCUT2D eigenvalue weighted by Crippen LogP contribution is -2.28. The van der Waals surface area contributed by atoms with Gasteiger partial charge in [-0.25, -0.2) is 0 Å². The Hall–Kier alpha value is -1.74. The van der Waals surface area contributed by atoms with Crippen LogP contribution >= 0.6 is 0 Å². The Labute approximate surface area is 113 Å². The van der Waals surface area contributed by atoms with Gasteiger partial charge >= 0.3 is 0 Å². The third-order valence-corrected chi connectivity index (χ3v) is 4.01. The Kier molecular flexibility index (Phi) is 3.56. The molecule has 2 unspecified atom stereocenters. The molecule has 19 heavy (non-hydrogen) atoms. The van der Waals surface area contributed by atoms with E-state index in [9.17, 15) is 0 Å². The molecular formula is C16H19N3. The molecule has 0 bridgehead atoms. The zero-order valence-electron chi connectivity index (χ0n) is 11.0. The van der Waals surface area contributed by atoms with Gasteiger partial charge in [0.05, 0.1) is 0 Å². The highest BCUT2D eigenvalue weighted by Crippen LogP contribution is 2.34. The first-order valence-corrected chi connectivity index (χ1v) is 6.93. The van der Waals surface area contributed by atoms with Gasteiger partial charge < -0.3 is 5.73 Å². The second-order valence-electron chi connectivity index (χ2n) is 5.26. The Morgan fingerprint density at radius 3 is 3.00 bits per heavy atom. The van der Waals surface area contributed by atoms with Crippen molar-refractivity contribution in [3.63, 3.8) is 0 Å². The molecule has 0 fully saturated rings. The predicted octanol–water partition coefficient (Wildman–Crippen LogP) is 2.47. The largest absolute Gasteiger partial charge is 0.327 e. The number of nitrogens with two attached hydrogens (primary N) is 1. The molecule has 2 aromatic heterocycles. The van der Waals surface area contributed by atoms with Gasteiger partial charge in [0.25, 0.3) is 0 Å². The van der Waals surface area contributed by atoms with Gasteiger partial charge in [-0.3, -0.25) is 9.97 Å². The van der Waals surface area contributed by atoms with Crippen LogP contribution in [0, 0.1) is 0 Å². The van der Waals surface area contributed by atoms with Gasteiger partial charge in [0.2, 0.25) is 0 Å². The maximum atomic E-state index is 6.38. The van der Waals surface area contributed by atoms with Crippen LogP contribution in [-0.2, 0) is 12.8 Å². The van der Waals surface area contributed by atoms with Crippen molar-refractivity contribution in [3.05, 3.63) is 59.7 Å². The van der Waals surface area contributed by atoms with Crippen molar-refractivity contribution in [1.29, 1.82) is 0 Å². The van der Waals surface area contributed by atoms with E-state index in [1.54, 1.807) is 6.20 Å². The van der Waals surface area contributed by atoms with Crippen LogP contribution in [0.2, 0.25) is 0 Å². The smallest absolute Gasteiger partial charge is 0.0482 e. The van der Waals surface area contributed by atoms with E-state index in [1.165, 1.54) is 16.8 Å². The summed E-state index contributed by atoms with van der Waals surface area (Å²) in [5.41, 5.74) is 10.2. The van der Waals surface area contributed by atoms with Crippen molar-refractivity contribution >= 4 is 0 Å². The van der Waals surface area contributed by atoms with E-state index in [0.717, 1.165) is 25.7 Å². The van der Waals surface area contributed by atoms with Gasteiger partial charge in [0.15, 0.2) is 0 Å². The third-order valence-electron chi connectivity index (χ3n) is 4.01. The molecule has 2 heterocycles. The van der Waals surface area contributed by atoms with Gasteiger partial charge in [-0.2, -0.15) is 0 Å². The Morgan fingerprint density at radius 2 is 2.16 bits per heavy atom. The fraction of sp³-hybridized carbons (Fsp3) is 0.375. The van der Waals surface area contributed by atoms with E-state index in [1.807, 2.05) is 24.5 Å². The molecule has 3 nitrogen and oxygen atoms in total. The average molecular weight is 253 g/mol. The summed E-state index contributed by atoms with van der Waals surface area (Å²) in [4.78, 5) is 8.67. The van der Waals surface area contributed by atoms with Crippen molar-refractivity contribution in [2.24, 2.45) is 5.73 Å². The molecule has 0 aromatic carbocycles. The van der Waals surface area contributed by atoms with Crippen LogP contribution in [0.1, 0.15) is 35.6 Å². The van der Waals surface area contributed by atoms with Crippen molar-refractivity contribution in [1.82, 2.24) is 9.97 Å². The van der Waals surface area contributed by atoms with E-state index >= 15 is 0 Å². The quantitative estimate of drug-likeness (QED) is 0.910. The second-order valence-corrected chi connectivity index (χ2v) is 5.26. The average Bonchev–Trinajstić information content (AvgIpc) is 2.90. The molecule has 3 rings (SSSR count). The first kappa shape index (κ1) is 12.3. The fourth-order valence-corrected chi connectivity index (χ4v) is 2.94. The molecule has 1 aliphatic carbocycles. The van der Waals surface area contributed by atoms with Crippen molar-refractivity contribution in [2.75, 3.05) is 0 Å². The lowest BCUT2D eigenvalue weighted by Gasteiger charge is -2.19. The Bertz CT molecular complexity index is 539. The number of nitrogens with zero attached hydrogens (tertiary/aromatic N) is 2. The number of pyridine rings is 2. The molecular weight excluding hydrogens is 234 g/mol. The summed E-state index contributed by atoms with van der Waals surface area (Å²) in [7, 11) is 0. The highest BCUT2D eigenvalue weighted by molar-refractivity contribution is 5.29. The molecule has 0 saturated carbocycles. The van der Waals surface area contributed by atoms with Crippen LogP contribution in [0.25, 0.3) is 0 Å². The minimum Gasteiger partial charge on any atom is -0.327 e. The molecule has 3 heteroatoms. The SMILES string of the molecule is NC(CCc1cccnc1)C1CCc2cccnc21. The van der Waals surface area contributed by atoms with Gasteiger partial charge in [-0.05, 0) is 48.9 Å². The summed E-state index contributed by atoms with van der Waals surface area (Å²) in [6.07, 6.45) is 9.86. The number of rotatable bonds is 4. The van der Waals surface area contributed by atoms with Crippen LogP contribution < -0.4 is 5.73 Å². The third kappa shape index (κ3) is 2.66. The molecule has 0 saturated heterocycles. The Balaban J connectivity index is 1.64. The first-order valence-electron chi connectivity index (χ1n) is 6.93. The Morgan fingerprint density at radius 1 is 1.26 bits per heavy atom. The predicted molar refractivity (Wildman–Crippen MR) is 75.8 cm³/mol. The monoisotopic (exact) mass is 253 g/mol. The topological polar surface area (TPSA) is 51.8 Å². The second kappa shape index (κ2) is 5.49. The van der Waals surface area contributed by atoms with E-state index < -0.39 is 0 Å². The minimum atomic E-state index is 0.191. The maximum absolute atomic E-state index is 6.38. The minimum absolute atomic E-state index is 0.191. The van der Waals surface area contributed by atoms with Gasteiger partial charge in [0, 0.05) is 36.2 Å². The van der Waals surface area contributed by atoms with Crippen molar-refractivity contribution in [3.8, 4) is 0 Å². The van der Waals surface area contributed by atoms with E-state index in [2.05, 4.69) is 22.1 Å². The summed E-state index contributed by atoms with van der Waals surface area (Å²) in [6.45, 7) is 0.